The van der Waals surface area contributed by atoms with Crippen LogP contribution in [0.15, 0.2) is 0 Å². The number of hydrogen-bond donors (Lipinski definition) is 2. The molecule has 0 bridgehead atoms. The summed E-state index contributed by atoms with van der Waals surface area (Å²) in [6.45, 7) is 8.06. The first-order valence-corrected chi connectivity index (χ1v) is 11.6. The molecule has 158 valence electrons. The van der Waals surface area contributed by atoms with E-state index in [0.29, 0.717) is 30.1 Å². The number of carbonyl (C=O) groups is 1. The standard InChI is InChI=1S/C23H37NO4/c1-22-6-5-16-15(17(22)12-20(26)21(22)27)4-3-14-11-19(25)18(13-23(14,16)2)24-7-9-28-10-8-24/h14-19,21,25,27H,3-13H2,1-2H3/t14-,15+,16-,17-,18-,19-,21?,22-,23-/m0/s1. The minimum atomic E-state index is -0.752. The van der Waals surface area contributed by atoms with Crippen molar-refractivity contribution in [1.29, 1.82) is 0 Å². The van der Waals surface area contributed by atoms with Crippen LogP contribution in [-0.4, -0.2) is 65.4 Å². The van der Waals surface area contributed by atoms with Crippen LogP contribution < -0.4 is 0 Å². The van der Waals surface area contributed by atoms with Crippen molar-refractivity contribution in [3.8, 4) is 0 Å². The second-order valence-electron chi connectivity index (χ2n) is 11.0. The van der Waals surface area contributed by atoms with Crippen LogP contribution in [-0.2, 0) is 9.53 Å². The van der Waals surface area contributed by atoms with Gasteiger partial charge in [-0.2, -0.15) is 0 Å². The number of hydrogen-bond acceptors (Lipinski definition) is 5. The molecular formula is C23H37NO4. The molecule has 5 fully saturated rings. The first-order valence-electron chi connectivity index (χ1n) is 11.6. The topological polar surface area (TPSA) is 70.0 Å². The van der Waals surface area contributed by atoms with E-state index in [9.17, 15) is 15.0 Å². The molecule has 1 heterocycles. The quantitative estimate of drug-likeness (QED) is 0.717. The summed E-state index contributed by atoms with van der Waals surface area (Å²) in [7, 11) is 0. The van der Waals surface area contributed by atoms with Crippen molar-refractivity contribution >= 4 is 5.78 Å². The molecule has 0 aromatic rings. The van der Waals surface area contributed by atoms with Crippen molar-refractivity contribution in [1.82, 2.24) is 4.90 Å². The molecule has 1 saturated heterocycles. The van der Waals surface area contributed by atoms with E-state index in [4.69, 9.17) is 4.74 Å². The number of ether oxygens (including phenoxy) is 1. The zero-order valence-corrected chi connectivity index (χ0v) is 17.5. The van der Waals surface area contributed by atoms with E-state index in [0.717, 1.165) is 52.0 Å². The Morgan fingerprint density at radius 1 is 1.04 bits per heavy atom. The van der Waals surface area contributed by atoms with Crippen molar-refractivity contribution in [2.24, 2.45) is 34.5 Å². The maximum atomic E-state index is 12.4. The van der Waals surface area contributed by atoms with Crippen LogP contribution in [0.2, 0.25) is 0 Å². The van der Waals surface area contributed by atoms with E-state index >= 15 is 0 Å². The molecule has 5 rings (SSSR count). The minimum Gasteiger partial charge on any atom is -0.391 e. The highest BCUT2D eigenvalue weighted by atomic mass is 16.5. The lowest BCUT2D eigenvalue weighted by Gasteiger charge is -2.62. The van der Waals surface area contributed by atoms with Gasteiger partial charge in [-0.15, -0.1) is 0 Å². The number of morpholine rings is 1. The van der Waals surface area contributed by atoms with Crippen LogP contribution in [0.4, 0.5) is 0 Å². The summed E-state index contributed by atoms with van der Waals surface area (Å²) in [6.07, 6.45) is 6.02. The van der Waals surface area contributed by atoms with Crippen molar-refractivity contribution in [2.45, 2.75) is 77.0 Å². The SMILES string of the molecule is C[C@]12C[C@H](N3CCOCC3)[C@@H](O)C[C@@H]1CC[C@@H]1[C@@H]2CC[C@]2(C)C(O)C(=O)C[C@@H]12. The van der Waals surface area contributed by atoms with Gasteiger partial charge in [0.05, 0.1) is 19.3 Å². The summed E-state index contributed by atoms with van der Waals surface area (Å²) in [4.78, 5) is 14.9. The highest BCUT2D eigenvalue weighted by Gasteiger charge is 2.63. The van der Waals surface area contributed by atoms with E-state index in [1.165, 1.54) is 12.8 Å². The maximum absolute atomic E-state index is 12.4. The molecule has 1 unspecified atom stereocenters. The summed E-state index contributed by atoms with van der Waals surface area (Å²) in [5.41, 5.74) is 0.0300. The van der Waals surface area contributed by atoms with Crippen LogP contribution in [0.1, 0.15) is 58.8 Å². The van der Waals surface area contributed by atoms with Gasteiger partial charge in [0.15, 0.2) is 5.78 Å². The second-order valence-corrected chi connectivity index (χ2v) is 11.0. The Hall–Kier alpha value is -0.490. The Bertz CT molecular complexity index is 634. The molecule has 5 heteroatoms. The third-order valence-corrected chi connectivity index (χ3v) is 9.99. The molecule has 4 aliphatic carbocycles. The predicted octanol–water partition coefficient (Wildman–Crippen LogP) is 2.24. The molecule has 5 nitrogen and oxygen atoms in total. The normalized spacial score (nSPS) is 54.7. The Labute approximate surface area is 168 Å². The Kier molecular flexibility index (Phi) is 4.70. The zero-order valence-electron chi connectivity index (χ0n) is 17.5. The summed E-state index contributed by atoms with van der Waals surface area (Å²) < 4.78 is 5.54. The molecule has 0 amide bonds. The van der Waals surface area contributed by atoms with Gasteiger partial charge in [0.2, 0.25) is 0 Å². The summed E-state index contributed by atoms with van der Waals surface area (Å²) >= 11 is 0. The summed E-state index contributed by atoms with van der Waals surface area (Å²) in [5, 5.41) is 21.6. The smallest absolute Gasteiger partial charge is 0.162 e. The largest absolute Gasteiger partial charge is 0.391 e. The number of Topliss-reactive ketones (excluding diaryl/α,β-unsaturated/α-hetero) is 1. The highest BCUT2D eigenvalue weighted by Crippen LogP contribution is 2.65. The Morgan fingerprint density at radius 2 is 1.79 bits per heavy atom. The first-order chi connectivity index (χ1) is 13.3. The molecule has 28 heavy (non-hydrogen) atoms. The van der Waals surface area contributed by atoms with Crippen LogP contribution in [0.25, 0.3) is 0 Å². The fraction of sp³-hybridized carbons (Fsp3) is 0.957. The molecule has 4 saturated carbocycles. The van der Waals surface area contributed by atoms with Gasteiger partial charge >= 0.3 is 0 Å². The van der Waals surface area contributed by atoms with Crippen LogP contribution in [0.5, 0.6) is 0 Å². The van der Waals surface area contributed by atoms with Crippen LogP contribution in [0, 0.1) is 34.5 Å². The maximum Gasteiger partial charge on any atom is 0.162 e. The summed E-state index contributed by atoms with van der Waals surface area (Å²) in [6, 6.07) is 0.244. The summed E-state index contributed by atoms with van der Waals surface area (Å²) in [5.74, 6) is 2.19. The number of aliphatic hydroxyl groups is 2. The van der Waals surface area contributed by atoms with Gasteiger partial charge in [0.25, 0.3) is 0 Å². The molecule has 0 aromatic carbocycles. The number of carbonyl (C=O) groups excluding carboxylic acids is 1. The van der Waals surface area contributed by atoms with E-state index in [-0.39, 0.29) is 28.8 Å². The fourth-order valence-corrected chi connectivity index (χ4v) is 8.32. The lowest BCUT2D eigenvalue weighted by atomic mass is 9.44. The Morgan fingerprint density at radius 3 is 2.54 bits per heavy atom. The van der Waals surface area contributed by atoms with E-state index in [1.807, 2.05) is 0 Å². The van der Waals surface area contributed by atoms with Crippen molar-refractivity contribution in [3.05, 3.63) is 0 Å². The monoisotopic (exact) mass is 391 g/mol. The molecule has 9 atom stereocenters. The predicted molar refractivity (Wildman–Crippen MR) is 106 cm³/mol. The third-order valence-electron chi connectivity index (χ3n) is 9.99. The van der Waals surface area contributed by atoms with Gasteiger partial charge in [0.1, 0.15) is 6.10 Å². The highest BCUT2D eigenvalue weighted by molar-refractivity contribution is 5.86. The molecule has 0 spiro atoms. The van der Waals surface area contributed by atoms with E-state index < -0.39 is 6.10 Å². The number of aliphatic hydroxyl groups excluding tert-OH is 2. The molecular weight excluding hydrogens is 354 g/mol. The minimum absolute atomic E-state index is 0.0747. The van der Waals surface area contributed by atoms with Gasteiger partial charge in [-0.25, -0.2) is 0 Å². The van der Waals surface area contributed by atoms with E-state index in [2.05, 4.69) is 18.7 Å². The fourth-order valence-electron chi connectivity index (χ4n) is 8.32. The first kappa shape index (κ1) is 19.5. The number of nitrogens with zero attached hydrogens (tertiary/aromatic N) is 1. The van der Waals surface area contributed by atoms with Crippen molar-refractivity contribution in [2.75, 3.05) is 26.3 Å². The molecule has 2 N–H and O–H groups in total. The lowest BCUT2D eigenvalue weighted by molar-refractivity contribution is -0.158. The van der Waals surface area contributed by atoms with Crippen molar-refractivity contribution in [3.63, 3.8) is 0 Å². The Balaban J connectivity index is 1.41. The third kappa shape index (κ3) is 2.69. The number of fused-ring (bicyclic) bond motifs is 5. The van der Waals surface area contributed by atoms with Gasteiger partial charge in [-0.05, 0) is 67.6 Å². The lowest BCUT2D eigenvalue weighted by Crippen LogP contribution is -2.61. The molecule has 0 aromatic heterocycles. The molecule has 5 aliphatic rings. The van der Waals surface area contributed by atoms with Gasteiger partial charge in [-0.3, -0.25) is 9.69 Å². The van der Waals surface area contributed by atoms with Gasteiger partial charge in [0, 0.05) is 31.0 Å². The van der Waals surface area contributed by atoms with Gasteiger partial charge in [-0.1, -0.05) is 13.8 Å². The number of rotatable bonds is 1. The van der Waals surface area contributed by atoms with Crippen LogP contribution >= 0.6 is 0 Å². The molecule has 0 radical (unpaired) electrons. The average Bonchev–Trinajstić information content (AvgIpc) is 2.92. The average molecular weight is 392 g/mol. The zero-order chi connectivity index (χ0) is 19.7. The molecule has 1 aliphatic heterocycles. The van der Waals surface area contributed by atoms with Crippen molar-refractivity contribution < 1.29 is 19.7 Å². The van der Waals surface area contributed by atoms with Gasteiger partial charge < -0.3 is 14.9 Å². The van der Waals surface area contributed by atoms with Crippen LogP contribution in [0.3, 0.4) is 0 Å². The van der Waals surface area contributed by atoms with E-state index in [1.54, 1.807) is 0 Å². The second kappa shape index (κ2) is 6.76. The number of ketones is 1.